The molecular formula is C14H20ClN3O2. The Kier molecular flexibility index (Phi) is 4.86. The highest BCUT2D eigenvalue weighted by atomic mass is 35.5. The molecule has 1 atom stereocenters. The fourth-order valence-corrected chi connectivity index (χ4v) is 2.34. The van der Waals surface area contributed by atoms with Crippen LogP contribution in [0.15, 0.2) is 12.1 Å². The van der Waals surface area contributed by atoms with Crippen molar-refractivity contribution in [3.63, 3.8) is 0 Å². The summed E-state index contributed by atoms with van der Waals surface area (Å²) < 4.78 is 5.66. The average Bonchev–Trinajstić information content (AvgIpc) is 2.66. The summed E-state index contributed by atoms with van der Waals surface area (Å²) in [5.41, 5.74) is 1.65. The molecule has 1 unspecified atom stereocenters. The van der Waals surface area contributed by atoms with E-state index in [0.717, 1.165) is 24.3 Å². The first-order valence-electron chi connectivity index (χ1n) is 6.68. The van der Waals surface area contributed by atoms with Gasteiger partial charge in [0.25, 0.3) is 0 Å². The molecular weight excluding hydrogens is 278 g/mol. The Morgan fingerprint density at radius 3 is 2.85 bits per heavy atom. The number of rotatable bonds is 6. The quantitative estimate of drug-likeness (QED) is 0.842. The van der Waals surface area contributed by atoms with Crippen LogP contribution in [0.1, 0.15) is 18.5 Å². The lowest BCUT2D eigenvalue weighted by atomic mass is 10.1. The van der Waals surface area contributed by atoms with E-state index in [2.05, 4.69) is 10.6 Å². The molecule has 1 amide bonds. The molecule has 1 aromatic carbocycles. The lowest BCUT2D eigenvalue weighted by molar-refractivity contribution is -0.117. The first-order valence-corrected chi connectivity index (χ1v) is 7.06. The number of fused-ring (bicyclic) bond motifs is 1. The van der Waals surface area contributed by atoms with Gasteiger partial charge in [-0.1, -0.05) is 18.5 Å². The Labute approximate surface area is 124 Å². The Balaban J connectivity index is 2.15. The van der Waals surface area contributed by atoms with Crippen molar-refractivity contribution in [2.75, 3.05) is 39.1 Å². The molecule has 2 rings (SSSR count). The van der Waals surface area contributed by atoms with E-state index in [9.17, 15) is 4.79 Å². The van der Waals surface area contributed by atoms with Crippen molar-refractivity contribution in [2.45, 2.75) is 13.0 Å². The zero-order valence-corrected chi connectivity index (χ0v) is 12.8. The fraction of sp³-hybridized carbons (Fsp3) is 0.500. The first kappa shape index (κ1) is 15.1. The summed E-state index contributed by atoms with van der Waals surface area (Å²) in [7, 11) is 3.96. The molecule has 0 spiro atoms. The van der Waals surface area contributed by atoms with Crippen LogP contribution < -0.4 is 15.4 Å². The molecule has 0 saturated heterocycles. The van der Waals surface area contributed by atoms with E-state index in [1.54, 1.807) is 12.1 Å². The highest BCUT2D eigenvalue weighted by Crippen LogP contribution is 2.38. The van der Waals surface area contributed by atoms with Crippen LogP contribution in [0.25, 0.3) is 0 Å². The molecule has 2 N–H and O–H groups in total. The van der Waals surface area contributed by atoms with E-state index in [4.69, 9.17) is 16.3 Å². The van der Waals surface area contributed by atoms with Gasteiger partial charge in [-0.25, -0.2) is 0 Å². The van der Waals surface area contributed by atoms with Gasteiger partial charge in [0, 0.05) is 23.9 Å². The second-order valence-electron chi connectivity index (χ2n) is 5.00. The Hall–Kier alpha value is -1.30. The molecule has 0 fully saturated rings. The molecule has 0 radical (unpaired) electrons. The number of halogens is 1. The molecule has 5 nitrogen and oxygen atoms in total. The second kappa shape index (κ2) is 6.43. The summed E-state index contributed by atoms with van der Waals surface area (Å²) in [6.07, 6.45) is 0. The van der Waals surface area contributed by atoms with Crippen LogP contribution in [0.2, 0.25) is 5.02 Å². The van der Waals surface area contributed by atoms with Gasteiger partial charge in [-0.15, -0.1) is 0 Å². The zero-order valence-electron chi connectivity index (χ0n) is 12.0. The van der Waals surface area contributed by atoms with Crippen molar-refractivity contribution in [3.05, 3.63) is 22.7 Å². The van der Waals surface area contributed by atoms with E-state index in [0.29, 0.717) is 17.4 Å². The summed E-state index contributed by atoms with van der Waals surface area (Å²) >= 11 is 6.23. The smallest absolute Gasteiger partial charge is 0.246 e. The molecule has 1 aliphatic heterocycles. The summed E-state index contributed by atoms with van der Waals surface area (Å²) in [6.45, 7) is 4.04. The topological polar surface area (TPSA) is 53.6 Å². The molecule has 110 valence electrons. The largest absolute Gasteiger partial charge is 0.491 e. The second-order valence-corrected chi connectivity index (χ2v) is 5.41. The number of amides is 1. The number of hydrogen-bond donors (Lipinski definition) is 2. The van der Waals surface area contributed by atoms with E-state index >= 15 is 0 Å². The third-order valence-electron chi connectivity index (χ3n) is 3.14. The number of nitrogens with zero attached hydrogens (tertiary/aromatic N) is 1. The maximum atomic E-state index is 11.9. The molecule has 0 saturated carbocycles. The van der Waals surface area contributed by atoms with Crippen molar-refractivity contribution in [3.8, 4) is 5.75 Å². The van der Waals surface area contributed by atoms with Crippen LogP contribution in [0.5, 0.6) is 5.75 Å². The monoisotopic (exact) mass is 297 g/mol. The number of carbonyl (C=O) groups excluding carboxylic acids is 1. The summed E-state index contributed by atoms with van der Waals surface area (Å²) in [6, 6.07) is 3.26. The number of benzene rings is 1. The van der Waals surface area contributed by atoms with Crippen molar-refractivity contribution >= 4 is 23.2 Å². The predicted octanol–water partition coefficient (Wildman–Crippen LogP) is 1.88. The normalized spacial score (nSPS) is 17.2. The Bertz CT molecular complexity index is 505. The van der Waals surface area contributed by atoms with Gasteiger partial charge in [0.15, 0.2) is 0 Å². The van der Waals surface area contributed by atoms with Gasteiger partial charge in [-0.2, -0.15) is 0 Å². The minimum atomic E-state index is -0.330. The maximum Gasteiger partial charge on any atom is 0.246 e. The van der Waals surface area contributed by atoms with E-state index < -0.39 is 0 Å². The third kappa shape index (κ3) is 3.23. The van der Waals surface area contributed by atoms with Crippen LogP contribution in [-0.2, 0) is 4.79 Å². The highest BCUT2D eigenvalue weighted by Gasteiger charge is 2.30. The minimum absolute atomic E-state index is 0.0524. The van der Waals surface area contributed by atoms with Gasteiger partial charge in [0.2, 0.25) is 5.91 Å². The van der Waals surface area contributed by atoms with Gasteiger partial charge in [-0.3, -0.25) is 4.79 Å². The third-order valence-corrected chi connectivity index (χ3v) is 3.43. The standard InChI is InChI=1S/C14H20ClN3O2/c1-4-16-13-9-7-10(15)12(20-6-5-18(2)3)8-11(9)17-14(13)19/h7-8,13,16H,4-6H2,1-3H3,(H,17,19). The average molecular weight is 298 g/mol. The van der Waals surface area contributed by atoms with Gasteiger partial charge >= 0.3 is 0 Å². The highest BCUT2D eigenvalue weighted by molar-refractivity contribution is 6.32. The van der Waals surface area contributed by atoms with Gasteiger partial charge in [0.05, 0.1) is 5.02 Å². The summed E-state index contributed by atoms with van der Waals surface area (Å²) in [4.78, 5) is 13.9. The van der Waals surface area contributed by atoms with Crippen LogP contribution in [0.3, 0.4) is 0 Å². The SMILES string of the molecule is CCNC1C(=O)Nc2cc(OCCN(C)C)c(Cl)cc21. The maximum absolute atomic E-state index is 11.9. The molecule has 0 aromatic heterocycles. The van der Waals surface area contributed by atoms with Gasteiger partial charge < -0.3 is 20.3 Å². The molecule has 1 heterocycles. The molecule has 20 heavy (non-hydrogen) atoms. The van der Waals surface area contributed by atoms with Crippen molar-refractivity contribution < 1.29 is 9.53 Å². The van der Waals surface area contributed by atoms with E-state index in [1.807, 2.05) is 25.9 Å². The van der Waals surface area contributed by atoms with Crippen LogP contribution >= 0.6 is 11.6 Å². The molecule has 1 aromatic rings. The number of likely N-dealkylation sites (N-methyl/N-ethyl adjacent to an activating group) is 2. The predicted molar refractivity (Wildman–Crippen MR) is 80.5 cm³/mol. The van der Waals surface area contributed by atoms with E-state index in [1.165, 1.54) is 0 Å². The van der Waals surface area contributed by atoms with Crippen LogP contribution in [-0.4, -0.2) is 44.6 Å². The summed E-state index contributed by atoms with van der Waals surface area (Å²) in [5, 5.41) is 6.52. The first-order chi connectivity index (χ1) is 9.52. The summed E-state index contributed by atoms with van der Waals surface area (Å²) in [5.74, 6) is 0.549. The number of nitrogens with one attached hydrogen (secondary N) is 2. The molecule has 6 heteroatoms. The zero-order chi connectivity index (χ0) is 14.7. The number of anilines is 1. The van der Waals surface area contributed by atoms with Crippen molar-refractivity contribution in [1.29, 1.82) is 0 Å². The molecule has 0 bridgehead atoms. The lowest BCUT2D eigenvalue weighted by Gasteiger charge is -2.14. The van der Waals surface area contributed by atoms with Gasteiger partial charge in [-0.05, 0) is 26.7 Å². The molecule has 1 aliphatic rings. The van der Waals surface area contributed by atoms with Gasteiger partial charge in [0.1, 0.15) is 18.4 Å². The Morgan fingerprint density at radius 1 is 1.45 bits per heavy atom. The van der Waals surface area contributed by atoms with Crippen molar-refractivity contribution in [1.82, 2.24) is 10.2 Å². The molecule has 0 aliphatic carbocycles. The number of carbonyl (C=O) groups is 1. The number of hydrogen-bond acceptors (Lipinski definition) is 4. The van der Waals surface area contributed by atoms with Crippen LogP contribution in [0, 0.1) is 0 Å². The van der Waals surface area contributed by atoms with Crippen LogP contribution in [0.4, 0.5) is 5.69 Å². The van der Waals surface area contributed by atoms with E-state index in [-0.39, 0.29) is 11.9 Å². The van der Waals surface area contributed by atoms with Crippen molar-refractivity contribution in [2.24, 2.45) is 0 Å². The lowest BCUT2D eigenvalue weighted by Crippen LogP contribution is -2.27. The Morgan fingerprint density at radius 2 is 2.20 bits per heavy atom. The fourth-order valence-electron chi connectivity index (χ4n) is 2.12. The minimum Gasteiger partial charge on any atom is -0.491 e. The number of ether oxygens (including phenoxy) is 1.